The molecule has 6 nitrogen and oxygen atoms in total. The van der Waals surface area contributed by atoms with Crippen LogP contribution < -0.4 is 4.74 Å². The van der Waals surface area contributed by atoms with E-state index in [2.05, 4.69) is 14.7 Å². The summed E-state index contributed by atoms with van der Waals surface area (Å²) in [5.74, 6) is -0.793. The number of ether oxygens (including phenoxy) is 1. The number of methoxy groups -OCH3 is 1. The summed E-state index contributed by atoms with van der Waals surface area (Å²) in [7, 11) is 1.58. The molecule has 1 atom stereocenters. The molecule has 3 aromatic rings. The topological polar surface area (TPSA) is 68.5 Å². The van der Waals surface area contributed by atoms with Gasteiger partial charge in [0.25, 0.3) is 5.91 Å². The van der Waals surface area contributed by atoms with Crippen LogP contribution in [0, 0.1) is 0 Å². The maximum Gasteiger partial charge on any atom is 0.471 e. The van der Waals surface area contributed by atoms with Gasteiger partial charge in [0, 0.05) is 34.4 Å². The fraction of sp³-hybridized carbons (Fsp3) is 0.286. The van der Waals surface area contributed by atoms with Crippen LogP contribution in [0.4, 0.5) is 13.2 Å². The number of rotatable bonds is 5. The van der Waals surface area contributed by atoms with Gasteiger partial charge in [-0.05, 0) is 55.0 Å². The highest BCUT2D eigenvalue weighted by Crippen LogP contribution is 2.33. The fourth-order valence-electron chi connectivity index (χ4n) is 3.26. The maximum atomic E-state index is 12.7. The zero-order chi connectivity index (χ0) is 22.0. The van der Waals surface area contributed by atoms with Crippen molar-refractivity contribution in [1.82, 2.24) is 15.0 Å². The molecule has 1 aromatic heterocycles. The maximum absolute atomic E-state index is 12.7. The molecule has 4 rings (SSSR count). The van der Waals surface area contributed by atoms with Crippen molar-refractivity contribution in [1.29, 1.82) is 0 Å². The summed E-state index contributed by atoms with van der Waals surface area (Å²) in [4.78, 5) is 18.9. The monoisotopic (exact) mass is 449 g/mol. The summed E-state index contributed by atoms with van der Waals surface area (Å²) >= 11 is 1.63. The van der Waals surface area contributed by atoms with Gasteiger partial charge in [-0.1, -0.05) is 5.16 Å². The van der Waals surface area contributed by atoms with Gasteiger partial charge < -0.3 is 14.2 Å². The van der Waals surface area contributed by atoms with Gasteiger partial charge in [-0.3, -0.25) is 4.79 Å². The first kappa shape index (κ1) is 21.2. The highest BCUT2D eigenvalue weighted by atomic mass is 32.2. The molecule has 2 heterocycles. The normalized spacial score (nSPS) is 16.5. The van der Waals surface area contributed by atoms with Crippen LogP contribution in [0.15, 0.2) is 57.9 Å². The molecule has 1 aliphatic rings. The number of carbonyl (C=O) groups excluding carboxylic acids is 1. The Morgan fingerprint density at radius 2 is 1.87 bits per heavy atom. The van der Waals surface area contributed by atoms with Gasteiger partial charge in [0.15, 0.2) is 0 Å². The highest BCUT2D eigenvalue weighted by molar-refractivity contribution is 8.00. The summed E-state index contributed by atoms with van der Waals surface area (Å²) in [6.45, 7) is 1.29. The zero-order valence-electron chi connectivity index (χ0n) is 16.4. The summed E-state index contributed by atoms with van der Waals surface area (Å²) in [6.07, 6.45) is -3.81. The molecule has 1 amide bonds. The van der Waals surface area contributed by atoms with Crippen LogP contribution >= 0.6 is 11.8 Å². The van der Waals surface area contributed by atoms with Crippen LogP contribution in [0.3, 0.4) is 0 Å². The predicted octanol–water partition coefficient (Wildman–Crippen LogP) is 4.77. The molecule has 0 unspecified atom stereocenters. The van der Waals surface area contributed by atoms with Crippen LogP contribution in [-0.4, -0.2) is 46.4 Å². The van der Waals surface area contributed by atoms with E-state index in [1.54, 1.807) is 67.4 Å². The van der Waals surface area contributed by atoms with E-state index in [-0.39, 0.29) is 17.0 Å². The average Bonchev–Trinajstić information content (AvgIpc) is 3.44. The Bertz CT molecular complexity index is 1050. The van der Waals surface area contributed by atoms with Gasteiger partial charge in [-0.2, -0.15) is 18.2 Å². The Hall–Kier alpha value is -3.01. The van der Waals surface area contributed by atoms with Crippen LogP contribution in [-0.2, 0) is 6.18 Å². The smallest absolute Gasteiger partial charge is 0.471 e. The third kappa shape index (κ3) is 4.84. The first-order valence-electron chi connectivity index (χ1n) is 9.45. The van der Waals surface area contributed by atoms with Crippen molar-refractivity contribution in [2.24, 2.45) is 0 Å². The van der Waals surface area contributed by atoms with E-state index < -0.39 is 12.1 Å². The molecule has 1 saturated heterocycles. The van der Waals surface area contributed by atoms with Crippen molar-refractivity contribution < 1.29 is 27.2 Å². The molecule has 1 aliphatic heterocycles. The van der Waals surface area contributed by atoms with E-state index in [1.165, 1.54) is 0 Å². The second kappa shape index (κ2) is 8.62. The molecule has 162 valence electrons. The summed E-state index contributed by atoms with van der Waals surface area (Å²) in [6, 6.07) is 13.9. The van der Waals surface area contributed by atoms with Gasteiger partial charge in [0.1, 0.15) is 5.75 Å². The Morgan fingerprint density at radius 1 is 1.16 bits per heavy atom. The Balaban J connectivity index is 1.35. The third-order valence-electron chi connectivity index (χ3n) is 4.85. The van der Waals surface area contributed by atoms with Crippen molar-refractivity contribution in [3.8, 4) is 17.1 Å². The standard InChI is InChI=1S/C21H18F3N3O3S/c1-29-15-6-2-14(3-7-15)19(28)27-11-10-17(12-27)31-16-8-4-13(5-9-16)18-25-20(30-26-18)21(22,23)24/h2-9,17H,10-12H2,1H3/t17-/m0/s1. The van der Waals surface area contributed by atoms with Gasteiger partial charge >= 0.3 is 12.1 Å². The first-order valence-corrected chi connectivity index (χ1v) is 10.3. The first-order chi connectivity index (χ1) is 14.8. The summed E-state index contributed by atoms with van der Waals surface area (Å²) in [5.41, 5.74) is 1.06. The van der Waals surface area contributed by atoms with Crippen molar-refractivity contribution in [3.05, 3.63) is 60.0 Å². The van der Waals surface area contributed by atoms with Gasteiger partial charge in [0.2, 0.25) is 5.82 Å². The van der Waals surface area contributed by atoms with E-state index in [4.69, 9.17) is 4.74 Å². The molecule has 1 fully saturated rings. The van der Waals surface area contributed by atoms with E-state index in [0.717, 1.165) is 11.3 Å². The molecule has 0 aliphatic carbocycles. The molecule has 0 N–H and O–H groups in total. The number of hydrogen-bond donors (Lipinski definition) is 0. The number of thioether (sulfide) groups is 1. The average molecular weight is 449 g/mol. The number of hydrogen-bond acceptors (Lipinski definition) is 6. The number of halogens is 3. The van der Waals surface area contributed by atoms with Crippen molar-refractivity contribution >= 4 is 17.7 Å². The number of alkyl halides is 3. The Kier molecular flexibility index (Phi) is 5.90. The Labute approximate surface area is 180 Å². The Morgan fingerprint density at radius 3 is 2.48 bits per heavy atom. The van der Waals surface area contributed by atoms with Gasteiger partial charge in [-0.25, -0.2) is 0 Å². The lowest BCUT2D eigenvalue weighted by molar-refractivity contribution is -0.159. The zero-order valence-corrected chi connectivity index (χ0v) is 17.2. The number of carbonyl (C=O) groups is 1. The quantitative estimate of drug-likeness (QED) is 0.559. The van der Waals surface area contributed by atoms with Crippen molar-refractivity contribution in [2.45, 2.75) is 22.7 Å². The highest BCUT2D eigenvalue weighted by Gasteiger charge is 2.38. The third-order valence-corrected chi connectivity index (χ3v) is 6.12. The predicted molar refractivity (Wildman–Crippen MR) is 108 cm³/mol. The lowest BCUT2D eigenvalue weighted by Crippen LogP contribution is -2.29. The lowest BCUT2D eigenvalue weighted by Gasteiger charge is -2.16. The number of aromatic nitrogens is 2. The minimum absolute atomic E-state index is 0.0151. The molecular weight excluding hydrogens is 431 g/mol. The van der Waals surface area contributed by atoms with Gasteiger partial charge in [0.05, 0.1) is 7.11 Å². The SMILES string of the molecule is COc1ccc(C(=O)N2CC[C@H](Sc3ccc(-c4noc(C(F)(F)F)n4)cc3)C2)cc1. The molecule has 0 bridgehead atoms. The van der Waals surface area contributed by atoms with Gasteiger partial charge in [-0.15, -0.1) is 11.8 Å². The largest absolute Gasteiger partial charge is 0.497 e. The van der Waals surface area contributed by atoms with E-state index in [0.29, 0.717) is 30.0 Å². The van der Waals surface area contributed by atoms with Crippen molar-refractivity contribution in [2.75, 3.05) is 20.2 Å². The summed E-state index contributed by atoms with van der Waals surface area (Å²) < 4.78 is 47.2. The fourth-order valence-corrected chi connectivity index (χ4v) is 4.41. The van der Waals surface area contributed by atoms with E-state index in [9.17, 15) is 18.0 Å². The summed E-state index contributed by atoms with van der Waals surface area (Å²) in [5, 5.41) is 3.62. The molecular formula is C21H18F3N3O3S. The van der Waals surface area contributed by atoms with E-state index in [1.807, 2.05) is 4.90 Å². The number of likely N-dealkylation sites (tertiary alicyclic amines) is 1. The van der Waals surface area contributed by atoms with Crippen LogP contribution in [0.5, 0.6) is 5.75 Å². The van der Waals surface area contributed by atoms with Crippen LogP contribution in [0.2, 0.25) is 0 Å². The molecule has 0 radical (unpaired) electrons. The number of benzene rings is 2. The number of amides is 1. The second-order valence-corrected chi connectivity index (χ2v) is 8.33. The number of nitrogens with zero attached hydrogens (tertiary/aromatic N) is 3. The lowest BCUT2D eigenvalue weighted by atomic mass is 10.2. The molecule has 2 aromatic carbocycles. The van der Waals surface area contributed by atoms with E-state index >= 15 is 0 Å². The molecule has 31 heavy (non-hydrogen) atoms. The second-order valence-electron chi connectivity index (χ2n) is 6.95. The molecule has 0 saturated carbocycles. The minimum atomic E-state index is -4.67. The minimum Gasteiger partial charge on any atom is -0.497 e. The van der Waals surface area contributed by atoms with Crippen LogP contribution in [0.1, 0.15) is 22.7 Å². The molecule has 0 spiro atoms. The van der Waals surface area contributed by atoms with Crippen molar-refractivity contribution in [3.63, 3.8) is 0 Å². The van der Waals surface area contributed by atoms with Crippen LogP contribution in [0.25, 0.3) is 11.4 Å². The molecule has 10 heteroatoms.